The maximum Gasteiger partial charge on any atom is 0.269 e. The van der Waals surface area contributed by atoms with Crippen LogP contribution in [-0.2, 0) is 6.54 Å². The standard InChI is InChI=1S/C20H18N4O2S/c25-24(26)17-10-8-15(9-11-17)19-18-7-4-12-22(18)13-14-23(19)20(27)21-16-5-2-1-3-6-16/h1-12,19H,13-14H2,(H,21,27). The van der Waals surface area contributed by atoms with Gasteiger partial charge in [0.1, 0.15) is 0 Å². The summed E-state index contributed by atoms with van der Waals surface area (Å²) >= 11 is 5.70. The number of hydrogen-bond acceptors (Lipinski definition) is 3. The minimum Gasteiger partial charge on any atom is -0.348 e. The van der Waals surface area contributed by atoms with E-state index < -0.39 is 0 Å². The Kier molecular flexibility index (Phi) is 4.60. The maximum absolute atomic E-state index is 11.0. The summed E-state index contributed by atoms with van der Waals surface area (Å²) in [6, 6.07) is 20.5. The summed E-state index contributed by atoms with van der Waals surface area (Å²) in [5.74, 6) is 0. The minimum absolute atomic E-state index is 0.0847. The average molecular weight is 378 g/mol. The van der Waals surface area contributed by atoms with Crippen molar-refractivity contribution in [3.8, 4) is 0 Å². The molecule has 0 saturated carbocycles. The molecule has 0 spiro atoms. The van der Waals surface area contributed by atoms with E-state index in [0.717, 1.165) is 30.0 Å². The van der Waals surface area contributed by atoms with E-state index >= 15 is 0 Å². The highest BCUT2D eigenvalue weighted by atomic mass is 32.1. The Bertz CT molecular complexity index is 969. The summed E-state index contributed by atoms with van der Waals surface area (Å²) in [4.78, 5) is 12.7. The van der Waals surface area contributed by atoms with Gasteiger partial charge in [0, 0.05) is 42.8 Å². The van der Waals surface area contributed by atoms with Crippen molar-refractivity contribution in [3.05, 3.63) is 94.3 Å². The van der Waals surface area contributed by atoms with Crippen molar-refractivity contribution < 1.29 is 4.92 Å². The van der Waals surface area contributed by atoms with E-state index in [4.69, 9.17) is 12.2 Å². The van der Waals surface area contributed by atoms with Crippen LogP contribution < -0.4 is 5.32 Å². The van der Waals surface area contributed by atoms with Crippen LogP contribution in [0.5, 0.6) is 0 Å². The summed E-state index contributed by atoms with van der Waals surface area (Å²) in [7, 11) is 0. The first-order valence-electron chi connectivity index (χ1n) is 8.65. The number of rotatable bonds is 3. The number of nitrogens with one attached hydrogen (secondary N) is 1. The van der Waals surface area contributed by atoms with Crippen molar-refractivity contribution in [2.45, 2.75) is 12.6 Å². The first-order valence-corrected chi connectivity index (χ1v) is 9.06. The SMILES string of the molecule is O=[N+]([O-])c1ccc(C2c3cccn3CCN2C(=S)Nc2ccccc2)cc1. The maximum atomic E-state index is 11.0. The van der Waals surface area contributed by atoms with Gasteiger partial charge in [-0.25, -0.2) is 0 Å². The second-order valence-corrected chi connectivity index (χ2v) is 6.75. The Morgan fingerprint density at radius 3 is 2.48 bits per heavy atom. The van der Waals surface area contributed by atoms with Crippen molar-refractivity contribution in [1.82, 2.24) is 9.47 Å². The van der Waals surface area contributed by atoms with Crippen LogP contribution in [0.4, 0.5) is 11.4 Å². The highest BCUT2D eigenvalue weighted by Gasteiger charge is 2.30. The predicted molar refractivity (Wildman–Crippen MR) is 109 cm³/mol. The van der Waals surface area contributed by atoms with Gasteiger partial charge in [-0.05, 0) is 54.2 Å². The van der Waals surface area contributed by atoms with Crippen molar-refractivity contribution in [2.24, 2.45) is 0 Å². The lowest BCUT2D eigenvalue weighted by Gasteiger charge is -2.39. The number of fused-ring (bicyclic) bond motifs is 1. The fourth-order valence-corrected chi connectivity index (χ4v) is 3.76. The van der Waals surface area contributed by atoms with Gasteiger partial charge in [0.2, 0.25) is 0 Å². The van der Waals surface area contributed by atoms with Gasteiger partial charge >= 0.3 is 0 Å². The quantitative estimate of drug-likeness (QED) is 0.420. The summed E-state index contributed by atoms with van der Waals surface area (Å²) in [6.45, 7) is 1.59. The van der Waals surface area contributed by atoms with E-state index in [-0.39, 0.29) is 16.7 Å². The number of aromatic nitrogens is 1. The van der Waals surface area contributed by atoms with E-state index in [9.17, 15) is 10.1 Å². The van der Waals surface area contributed by atoms with Crippen LogP contribution in [0.3, 0.4) is 0 Å². The molecule has 3 aromatic rings. The average Bonchev–Trinajstić information content (AvgIpc) is 3.17. The Hall–Kier alpha value is -3.19. The molecular formula is C20H18N4O2S. The fourth-order valence-electron chi connectivity index (χ4n) is 3.45. The van der Waals surface area contributed by atoms with Gasteiger partial charge in [-0.1, -0.05) is 18.2 Å². The fraction of sp³-hybridized carbons (Fsp3) is 0.150. The van der Waals surface area contributed by atoms with Gasteiger partial charge in [-0.2, -0.15) is 0 Å². The Balaban J connectivity index is 1.67. The molecular weight excluding hydrogens is 360 g/mol. The second-order valence-electron chi connectivity index (χ2n) is 6.37. The topological polar surface area (TPSA) is 63.3 Å². The van der Waals surface area contributed by atoms with Gasteiger partial charge < -0.3 is 14.8 Å². The first kappa shape index (κ1) is 17.2. The van der Waals surface area contributed by atoms with Crippen LogP contribution in [0.15, 0.2) is 72.9 Å². The largest absolute Gasteiger partial charge is 0.348 e. The van der Waals surface area contributed by atoms with Crippen LogP contribution in [0, 0.1) is 10.1 Å². The highest BCUT2D eigenvalue weighted by molar-refractivity contribution is 7.80. The Morgan fingerprint density at radius 2 is 1.78 bits per heavy atom. The normalized spacial score (nSPS) is 15.9. The number of benzene rings is 2. The third-order valence-electron chi connectivity index (χ3n) is 4.74. The minimum atomic E-state index is -0.382. The lowest BCUT2D eigenvalue weighted by atomic mass is 10.00. The molecule has 0 bridgehead atoms. The molecule has 0 saturated heterocycles. The van der Waals surface area contributed by atoms with Gasteiger partial charge in [0.05, 0.1) is 11.0 Å². The number of nitrogens with zero attached hydrogens (tertiary/aromatic N) is 3. The zero-order chi connectivity index (χ0) is 18.8. The molecule has 0 amide bonds. The number of anilines is 1. The van der Waals surface area contributed by atoms with Crippen LogP contribution in [0.2, 0.25) is 0 Å². The molecule has 1 unspecified atom stereocenters. The third-order valence-corrected chi connectivity index (χ3v) is 5.08. The lowest BCUT2D eigenvalue weighted by Crippen LogP contribution is -2.44. The summed E-state index contributed by atoms with van der Waals surface area (Å²) in [5, 5.41) is 14.9. The van der Waals surface area contributed by atoms with Gasteiger partial charge in [0.25, 0.3) is 5.69 Å². The number of hydrogen-bond donors (Lipinski definition) is 1. The molecule has 1 aromatic heterocycles. The monoisotopic (exact) mass is 378 g/mol. The van der Waals surface area contributed by atoms with Crippen molar-refractivity contribution in [1.29, 1.82) is 0 Å². The van der Waals surface area contributed by atoms with Crippen molar-refractivity contribution in [3.63, 3.8) is 0 Å². The molecule has 0 fully saturated rings. The summed E-state index contributed by atoms with van der Waals surface area (Å²) in [5.41, 5.74) is 3.11. The zero-order valence-electron chi connectivity index (χ0n) is 14.5. The highest BCUT2D eigenvalue weighted by Crippen LogP contribution is 2.33. The molecule has 2 aromatic carbocycles. The molecule has 0 aliphatic carbocycles. The predicted octanol–water partition coefficient (Wildman–Crippen LogP) is 4.20. The van der Waals surface area contributed by atoms with Crippen LogP contribution in [-0.4, -0.2) is 26.0 Å². The zero-order valence-corrected chi connectivity index (χ0v) is 15.3. The molecule has 1 aliphatic rings. The van der Waals surface area contributed by atoms with E-state index in [2.05, 4.69) is 27.0 Å². The number of nitro benzene ring substituents is 1. The van der Waals surface area contributed by atoms with Crippen LogP contribution in [0.1, 0.15) is 17.3 Å². The number of non-ortho nitro benzene ring substituents is 1. The van der Waals surface area contributed by atoms with Crippen LogP contribution in [0.25, 0.3) is 0 Å². The third kappa shape index (κ3) is 3.41. The van der Waals surface area contributed by atoms with E-state index in [1.54, 1.807) is 12.1 Å². The van der Waals surface area contributed by atoms with Crippen molar-refractivity contribution in [2.75, 3.05) is 11.9 Å². The van der Waals surface area contributed by atoms with E-state index in [0.29, 0.717) is 5.11 Å². The summed E-state index contributed by atoms with van der Waals surface area (Å²) in [6.07, 6.45) is 2.05. The lowest BCUT2D eigenvalue weighted by molar-refractivity contribution is -0.384. The smallest absolute Gasteiger partial charge is 0.269 e. The van der Waals surface area contributed by atoms with Gasteiger partial charge in [-0.15, -0.1) is 0 Å². The molecule has 2 heterocycles. The molecule has 7 heteroatoms. The van der Waals surface area contributed by atoms with Gasteiger partial charge in [0.15, 0.2) is 5.11 Å². The van der Waals surface area contributed by atoms with Crippen molar-refractivity contribution >= 4 is 28.7 Å². The molecule has 4 rings (SSSR count). The van der Waals surface area contributed by atoms with Gasteiger partial charge in [-0.3, -0.25) is 10.1 Å². The number of thiocarbonyl (C=S) groups is 1. The van der Waals surface area contributed by atoms with E-state index in [1.807, 2.05) is 48.5 Å². The molecule has 1 N–H and O–H groups in total. The summed E-state index contributed by atoms with van der Waals surface area (Å²) < 4.78 is 2.20. The van der Waals surface area contributed by atoms with E-state index in [1.165, 1.54) is 0 Å². The molecule has 27 heavy (non-hydrogen) atoms. The molecule has 1 atom stereocenters. The van der Waals surface area contributed by atoms with Crippen LogP contribution >= 0.6 is 12.2 Å². The molecule has 136 valence electrons. The second kappa shape index (κ2) is 7.20. The Morgan fingerprint density at radius 1 is 1.04 bits per heavy atom. The first-order chi connectivity index (χ1) is 13.1. The molecule has 1 aliphatic heterocycles. The molecule has 0 radical (unpaired) electrons. The number of para-hydroxylation sites is 1. The Labute approximate surface area is 162 Å². The number of nitro groups is 1. The molecule has 6 nitrogen and oxygen atoms in total.